The van der Waals surface area contributed by atoms with Crippen molar-refractivity contribution in [1.82, 2.24) is 5.32 Å². The number of nitrogens with zero attached hydrogens (tertiary/aromatic N) is 1. The number of rotatable bonds is 7. The van der Waals surface area contributed by atoms with Gasteiger partial charge in [-0.25, -0.2) is 4.79 Å². The highest BCUT2D eigenvalue weighted by Crippen LogP contribution is 2.59. The zero-order valence-electron chi connectivity index (χ0n) is 14.1. The van der Waals surface area contributed by atoms with Crippen molar-refractivity contribution in [2.45, 2.75) is 26.3 Å². The molecule has 1 saturated carbocycles. The van der Waals surface area contributed by atoms with Gasteiger partial charge in [-0.3, -0.25) is 14.9 Å². The number of nitrogens with one attached hydrogen (secondary N) is 1. The van der Waals surface area contributed by atoms with Crippen molar-refractivity contribution in [3.63, 3.8) is 0 Å². The van der Waals surface area contributed by atoms with Crippen LogP contribution in [-0.4, -0.2) is 27.9 Å². The maximum Gasteiger partial charge on any atom is 0.326 e. The van der Waals surface area contributed by atoms with Crippen LogP contribution < -0.4 is 5.32 Å². The SMILES string of the molecule is CC1(C)[C@H](C(=O)N[C@@H](Cc2ccc([N+](=O)[O-])cc2)C(=O)O)[C@@H]1C=C(Cl)Cl. The van der Waals surface area contributed by atoms with E-state index in [1.165, 1.54) is 24.3 Å². The number of hydrogen-bond donors (Lipinski definition) is 2. The summed E-state index contributed by atoms with van der Waals surface area (Å²) in [6.45, 7) is 3.75. The van der Waals surface area contributed by atoms with Gasteiger partial charge >= 0.3 is 5.97 Å². The summed E-state index contributed by atoms with van der Waals surface area (Å²) in [5.41, 5.74) is 0.116. The first-order valence-electron chi connectivity index (χ1n) is 7.83. The zero-order valence-corrected chi connectivity index (χ0v) is 15.6. The van der Waals surface area contributed by atoms with Crippen molar-refractivity contribution in [3.05, 3.63) is 50.5 Å². The first-order valence-corrected chi connectivity index (χ1v) is 8.59. The summed E-state index contributed by atoms with van der Waals surface area (Å²) in [6, 6.07) is 4.39. The van der Waals surface area contributed by atoms with Gasteiger partial charge in [0.1, 0.15) is 10.5 Å². The monoisotopic (exact) mass is 400 g/mol. The van der Waals surface area contributed by atoms with Crippen molar-refractivity contribution in [3.8, 4) is 0 Å². The van der Waals surface area contributed by atoms with Crippen molar-refractivity contribution in [1.29, 1.82) is 0 Å². The molecule has 0 bridgehead atoms. The van der Waals surface area contributed by atoms with Crippen LogP contribution in [0.5, 0.6) is 0 Å². The number of halogens is 2. The standard InChI is InChI=1S/C17H18Cl2N2O5/c1-17(2)11(8-13(18)19)14(17)15(22)20-12(16(23)24)7-9-3-5-10(6-4-9)21(25)26/h3-6,8,11-12,14H,7H2,1-2H3,(H,20,22)(H,23,24)/t11-,12-,14-/m0/s1. The predicted molar refractivity (Wildman–Crippen MR) is 96.9 cm³/mol. The van der Waals surface area contributed by atoms with Gasteiger partial charge in [0.2, 0.25) is 5.91 Å². The maximum absolute atomic E-state index is 12.5. The number of allylic oxidation sites excluding steroid dienone is 1. The molecule has 26 heavy (non-hydrogen) atoms. The van der Waals surface area contributed by atoms with E-state index in [1.807, 2.05) is 13.8 Å². The number of nitro groups is 1. The van der Waals surface area contributed by atoms with Crippen LogP contribution in [0.15, 0.2) is 34.8 Å². The van der Waals surface area contributed by atoms with Crippen LogP contribution in [0.4, 0.5) is 5.69 Å². The van der Waals surface area contributed by atoms with Crippen LogP contribution in [-0.2, 0) is 16.0 Å². The van der Waals surface area contributed by atoms with Gasteiger partial charge < -0.3 is 10.4 Å². The summed E-state index contributed by atoms with van der Waals surface area (Å²) < 4.78 is 0.0686. The number of carbonyl (C=O) groups excluding carboxylic acids is 1. The van der Waals surface area contributed by atoms with Gasteiger partial charge in [0, 0.05) is 18.6 Å². The Hall–Kier alpha value is -2.12. The third kappa shape index (κ3) is 4.53. The molecule has 2 rings (SSSR count). The van der Waals surface area contributed by atoms with Crippen molar-refractivity contribution < 1.29 is 19.6 Å². The summed E-state index contributed by atoms with van der Waals surface area (Å²) in [7, 11) is 0. The lowest BCUT2D eigenvalue weighted by atomic mass is 10.0. The van der Waals surface area contributed by atoms with E-state index in [4.69, 9.17) is 23.2 Å². The Morgan fingerprint density at radius 3 is 2.38 bits per heavy atom. The van der Waals surface area contributed by atoms with Crippen molar-refractivity contribution >= 4 is 40.8 Å². The second kappa shape index (κ2) is 7.63. The lowest BCUT2D eigenvalue weighted by Crippen LogP contribution is -2.43. The van der Waals surface area contributed by atoms with Crippen molar-refractivity contribution in [2.75, 3.05) is 0 Å². The van der Waals surface area contributed by atoms with Gasteiger partial charge in [0.25, 0.3) is 5.69 Å². The molecule has 0 unspecified atom stereocenters. The average Bonchev–Trinajstić information content (AvgIpc) is 3.06. The van der Waals surface area contributed by atoms with E-state index >= 15 is 0 Å². The summed E-state index contributed by atoms with van der Waals surface area (Å²) >= 11 is 11.3. The second-order valence-corrected chi connectivity index (χ2v) is 7.82. The molecule has 1 aromatic rings. The molecule has 1 aliphatic rings. The van der Waals surface area contributed by atoms with Gasteiger partial charge in [0.05, 0.1) is 10.8 Å². The zero-order chi connectivity index (χ0) is 19.6. The Morgan fingerprint density at radius 1 is 1.35 bits per heavy atom. The number of benzene rings is 1. The second-order valence-electron chi connectivity index (χ2n) is 6.81. The Kier molecular flexibility index (Phi) is 5.93. The smallest absolute Gasteiger partial charge is 0.326 e. The molecule has 1 amide bonds. The van der Waals surface area contributed by atoms with E-state index in [0.717, 1.165) is 0 Å². The molecule has 1 aliphatic carbocycles. The Bertz CT molecular complexity index is 757. The number of aliphatic carboxylic acids is 1. The molecular formula is C17H18Cl2N2O5. The molecule has 3 atom stereocenters. The van der Waals surface area contributed by atoms with Crippen LogP contribution in [0.1, 0.15) is 19.4 Å². The molecule has 0 aromatic heterocycles. The number of carbonyl (C=O) groups is 2. The minimum atomic E-state index is -1.18. The molecule has 2 N–H and O–H groups in total. The molecule has 0 spiro atoms. The number of amides is 1. The first-order chi connectivity index (χ1) is 12.0. The Morgan fingerprint density at radius 2 is 1.92 bits per heavy atom. The number of carboxylic acids is 1. The first kappa shape index (κ1) is 20.2. The highest BCUT2D eigenvalue weighted by atomic mass is 35.5. The molecular weight excluding hydrogens is 383 g/mol. The van der Waals surface area contributed by atoms with E-state index in [9.17, 15) is 24.8 Å². The minimum absolute atomic E-state index is 0.0168. The van der Waals surface area contributed by atoms with Crippen LogP contribution in [0, 0.1) is 27.4 Å². The average molecular weight is 401 g/mol. The van der Waals surface area contributed by atoms with E-state index in [1.54, 1.807) is 6.08 Å². The summed E-state index contributed by atoms with van der Waals surface area (Å²) in [5, 5.41) is 22.6. The summed E-state index contributed by atoms with van der Waals surface area (Å²) in [6.07, 6.45) is 1.60. The Labute approximate surface area is 160 Å². The van der Waals surface area contributed by atoms with E-state index in [0.29, 0.717) is 5.56 Å². The van der Waals surface area contributed by atoms with Crippen LogP contribution in [0.2, 0.25) is 0 Å². The molecule has 0 aliphatic heterocycles. The van der Waals surface area contributed by atoms with Gasteiger partial charge in [0.15, 0.2) is 0 Å². The topological polar surface area (TPSA) is 110 Å². The highest BCUT2D eigenvalue weighted by Gasteiger charge is 2.60. The fourth-order valence-corrected chi connectivity index (χ4v) is 3.35. The largest absolute Gasteiger partial charge is 0.480 e. The molecule has 7 nitrogen and oxygen atoms in total. The normalized spacial score (nSPS) is 21.4. The van der Waals surface area contributed by atoms with Gasteiger partial charge in [-0.1, -0.05) is 49.2 Å². The highest BCUT2D eigenvalue weighted by molar-refractivity contribution is 6.55. The molecule has 140 valence electrons. The van der Waals surface area contributed by atoms with Crippen molar-refractivity contribution in [2.24, 2.45) is 17.3 Å². The lowest BCUT2D eigenvalue weighted by molar-refractivity contribution is -0.384. The molecule has 0 heterocycles. The summed E-state index contributed by atoms with van der Waals surface area (Å²) in [5.74, 6) is -2.16. The molecule has 9 heteroatoms. The third-order valence-electron chi connectivity index (χ3n) is 4.70. The minimum Gasteiger partial charge on any atom is -0.480 e. The quantitative estimate of drug-likeness (QED) is 0.538. The fraction of sp³-hybridized carbons (Fsp3) is 0.412. The fourth-order valence-electron chi connectivity index (χ4n) is 3.08. The number of non-ortho nitro benzene ring substituents is 1. The number of carboxylic acid groups (broad SMARTS) is 1. The van der Waals surface area contributed by atoms with Gasteiger partial charge in [-0.05, 0) is 23.0 Å². The predicted octanol–water partition coefficient (Wildman–Crippen LogP) is 3.30. The lowest BCUT2D eigenvalue weighted by Gasteiger charge is -2.15. The molecule has 0 radical (unpaired) electrons. The van der Waals surface area contributed by atoms with Gasteiger partial charge in [-0.2, -0.15) is 0 Å². The van der Waals surface area contributed by atoms with Crippen LogP contribution in [0.25, 0.3) is 0 Å². The van der Waals surface area contributed by atoms with E-state index < -0.39 is 22.9 Å². The summed E-state index contributed by atoms with van der Waals surface area (Å²) in [4.78, 5) is 34.1. The Balaban J connectivity index is 2.07. The maximum atomic E-state index is 12.5. The van der Waals surface area contributed by atoms with Crippen LogP contribution >= 0.6 is 23.2 Å². The van der Waals surface area contributed by atoms with E-state index in [2.05, 4.69) is 5.32 Å². The number of nitro benzene ring substituents is 1. The van der Waals surface area contributed by atoms with Gasteiger partial charge in [-0.15, -0.1) is 0 Å². The number of hydrogen-bond acceptors (Lipinski definition) is 4. The molecule has 1 fully saturated rings. The third-order valence-corrected chi connectivity index (χ3v) is 4.95. The molecule has 1 aromatic carbocycles. The van der Waals surface area contributed by atoms with Crippen LogP contribution in [0.3, 0.4) is 0 Å². The van der Waals surface area contributed by atoms with E-state index in [-0.39, 0.29) is 33.8 Å². The molecule has 0 saturated heterocycles.